The van der Waals surface area contributed by atoms with E-state index in [9.17, 15) is 10.1 Å². The lowest BCUT2D eigenvalue weighted by Crippen LogP contribution is -2.40. The SMILES string of the molecule is CCN(CC1COCC1C)C(C)CCNC(=N[N+](=O)[O-])SC. The van der Waals surface area contributed by atoms with Crippen molar-refractivity contribution in [2.24, 2.45) is 16.9 Å². The van der Waals surface area contributed by atoms with Crippen LogP contribution in [0.5, 0.6) is 0 Å². The van der Waals surface area contributed by atoms with Crippen molar-refractivity contribution in [3.63, 3.8) is 0 Å². The van der Waals surface area contributed by atoms with Gasteiger partial charge in [-0.1, -0.05) is 25.6 Å². The van der Waals surface area contributed by atoms with Crippen molar-refractivity contribution in [1.29, 1.82) is 0 Å². The van der Waals surface area contributed by atoms with Gasteiger partial charge in [0.05, 0.1) is 11.7 Å². The normalized spacial score (nSPS) is 23.8. The summed E-state index contributed by atoms with van der Waals surface area (Å²) >= 11 is 1.26. The van der Waals surface area contributed by atoms with Crippen LogP contribution in [-0.2, 0) is 4.74 Å². The van der Waals surface area contributed by atoms with Gasteiger partial charge in [0, 0.05) is 25.7 Å². The van der Waals surface area contributed by atoms with Crippen LogP contribution in [0.2, 0.25) is 0 Å². The largest absolute Gasteiger partial charge is 0.381 e. The van der Waals surface area contributed by atoms with E-state index in [1.807, 2.05) is 0 Å². The second kappa shape index (κ2) is 10.0. The summed E-state index contributed by atoms with van der Waals surface area (Å²) in [7, 11) is 0. The number of hydrogen-bond acceptors (Lipinski definition) is 5. The highest BCUT2D eigenvalue weighted by molar-refractivity contribution is 8.13. The van der Waals surface area contributed by atoms with Crippen molar-refractivity contribution in [3.8, 4) is 0 Å². The summed E-state index contributed by atoms with van der Waals surface area (Å²) in [5.74, 6) is 1.22. The fourth-order valence-electron chi connectivity index (χ4n) is 2.65. The molecule has 0 aromatic rings. The lowest BCUT2D eigenvalue weighted by atomic mass is 9.97. The molecule has 0 saturated carbocycles. The van der Waals surface area contributed by atoms with E-state index in [2.05, 4.69) is 36.1 Å². The molecule has 0 bridgehead atoms. The number of hydrogen-bond donors (Lipinski definition) is 1. The summed E-state index contributed by atoms with van der Waals surface area (Å²) in [5, 5.41) is 16.4. The standard InChI is InChI=1S/C14H28N4O3S/c1-5-17(8-13-10-21-9-11(13)2)12(3)6-7-15-14(22-4)16-18(19)20/h11-13H,5-10H2,1-4H3,(H,15,16). The van der Waals surface area contributed by atoms with Crippen LogP contribution in [0.3, 0.4) is 0 Å². The zero-order valence-corrected chi connectivity index (χ0v) is 14.8. The van der Waals surface area contributed by atoms with Gasteiger partial charge in [0.15, 0.2) is 5.03 Å². The smallest absolute Gasteiger partial charge is 0.234 e. The number of rotatable bonds is 8. The van der Waals surface area contributed by atoms with E-state index in [0.29, 0.717) is 29.6 Å². The summed E-state index contributed by atoms with van der Waals surface area (Å²) in [4.78, 5) is 12.8. The van der Waals surface area contributed by atoms with E-state index in [-0.39, 0.29) is 0 Å². The average molecular weight is 332 g/mol. The second-order valence-electron chi connectivity index (χ2n) is 5.77. The molecule has 1 rings (SSSR count). The van der Waals surface area contributed by atoms with E-state index in [4.69, 9.17) is 4.74 Å². The summed E-state index contributed by atoms with van der Waals surface area (Å²) in [6.07, 6.45) is 2.70. The number of nitro groups is 1. The first-order valence-electron chi connectivity index (χ1n) is 7.80. The number of ether oxygens (including phenoxy) is 1. The van der Waals surface area contributed by atoms with Crippen molar-refractivity contribution in [2.75, 3.05) is 39.1 Å². The predicted octanol–water partition coefficient (Wildman–Crippen LogP) is 1.87. The molecule has 0 aliphatic carbocycles. The molecule has 8 heteroatoms. The monoisotopic (exact) mass is 332 g/mol. The van der Waals surface area contributed by atoms with Crippen molar-refractivity contribution in [1.82, 2.24) is 10.2 Å². The molecule has 0 radical (unpaired) electrons. The lowest BCUT2D eigenvalue weighted by Gasteiger charge is -2.31. The molecule has 1 saturated heterocycles. The van der Waals surface area contributed by atoms with Crippen molar-refractivity contribution >= 4 is 16.9 Å². The van der Waals surface area contributed by atoms with E-state index in [0.717, 1.165) is 32.7 Å². The summed E-state index contributed by atoms with van der Waals surface area (Å²) < 4.78 is 5.54. The molecule has 0 aromatic heterocycles. The van der Waals surface area contributed by atoms with Crippen molar-refractivity contribution in [2.45, 2.75) is 33.2 Å². The Hall–Kier alpha value is -0.860. The Balaban J connectivity index is 2.38. The number of amidine groups is 1. The third-order valence-electron chi connectivity index (χ3n) is 4.22. The van der Waals surface area contributed by atoms with Crippen LogP contribution >= 0.6 is 11.8 Å². The lowest BCUT2D eigenvalue weighted by molar-refractivity contribution is -0.484. The minimum Gasteiger partial charge on any atom is -0.381 e. The van der Waals surface area contributed by atoms with Gasteiger partial charge >= 0.3 is 0 Å². The van der Waals surface area contributed by atoms with E-state index in [1.165, 1.54) is 11.8 Å². The molecule has 1 N–H and O–H groups in total. The van der Waals surface area contributed by atoms with Crippen molar-refractivity contribution < 1.29 is 9.77 Å². The molecule has 1 heterocycles. The summed E-state index contributed by atoms with van der Waals surface area (Å²) in [6.45, 7) is 11.1. The first-order chi connectivity index (χ1) is 10.5. The third kappa shape index (κ3) is 6.50. The number of hydrazone groups is 1. The maximum atomic E-state index is 10.4. The average Bonchev–Trinajstić information content (AvgIpc) is 2.88. The second-order valence-corrected chi connectivity index (χ2v) is 6.57. The molecule has 0 spiro atoms. The zero-order chi connectivity index (χ0) is 16.5. The van der Waals surface area contributed by atoms with Gasteiger partial charge in [0.1, 0.15) is 0 Å². The Labute approximate surface area is 137 Å². The quantitative estimate of drug-likeness (QED) is 0.316. The predicted molar refractivity (Wildman–Crippen MR) is 90.7 cm³/mol. The molecule has 1 fully saturated rings. The Morgan fingerprint density at radius 2 is 2.32 bits per heavy atom. The van der Waals surface area contributed by atoms with Gasteiger partial charge in [-0.05, 0) is 38.0 Å². The van der Waals surface area contributed by atoms with Gasteiger partial charge in [-0.15, -0.1) is 0 Å². The molecule has 22 heavy (non-hydrogen) atoms. The van der Waals surface area contributed by atoms with Gasteiger partial charge in [0.2, 0.25) is 5.17 Å². The van der Waals surface area contributed by atoms with Gasteiger partial charge in [-0.3, -0.25) is 0 Å². The van der Waals surface area contributed by atoms with E-state index in [1.54, 1.807) is 6.26 Å². The Bertz CT molecular complexity index is 381. The maximum absolute atomic E-state index is 10.4. The molecular weight excluding hydrogens is 304 g/mol. The number of nitrogens with zero attached hydrogens (tertiary/aromatic N) is 3. The first-order valence-corrected chi connectivity index (χ1v) is 9.03. The summed E-state index contributed by atoms with van der Waals surface area (Å²) in [5.41, 5.74) is 0. The van der Waals surface area contributed by atoms with Gasteiger partial charge in [-0.2, -0.15) is 0 Å². The minimum atomic E-state index is -0.665. The fourth-order valence-corrected chi connectivity index (χ4v) is 3.05. The Morgan fingerprint density at radius 1 is 1.59 bits per heavy atom. The topological polar surface area (TPSA) is 80.0 Å². The summed E-state index contributed by atoms with van der Waals surface area (Å²) in [6, 6.07) is 0.420. The van der Waals surface area contributed by atoms with Crippen LogP contribution in [0.15, 0.2) is 5.10 Å². The van der Waals surface area contributed by atoms with Crippen LogP contribution in [0.4, 0.5) is 0 Å². The van der Waals surface area contributed by atoms with Crippen LogP contribution in [-0.4, -0.2) is 60.2 Å². The van der Waals surface area contributed by atoms with Gasteiger partial charge in [-0.25, -0.2) is 10.1 Å². The zero-order valence-electron chi connectivity index (χ0n) is 13.9. The molecule has 7 nitrogen and oxygen atoms in total. The highest BCUT2D eigenvalue weighted by Gasteiger charge is 2.27. The van der Waals surface area contributed by atoms with E-state index >= 15 is 0 Å². The highest BCUT2D eigenvalue weighted by Crippen LogP contribution is 2.22. The minimum absolute atomic E-state index is 0.359. The number of nitrogens with one attached hydrogen (secondary N) is 1. The molecule has 1 aliphatic heterocycles. The molecule has 3 unspecified atom stereocenters. The third-order valence-corrected chi connectivity index (χ3v) is 4.83. The van der Waals surface area contributed by atoms with Crippen LogP contribution in [0.25, 0.3) is 0 Å². The number of thioether (sulfide) groups is 1. The molecular formula is C14H28N4O3S. The Kier molecular flexibility index (Phi) is 8.74. The van der Waals surface area contributed by atoms with E-state index < -0.39 is 5.03 Å². The highest BCUT2D eigenvalue weighted by atomic mass is 32.2. The fraction of sp³-hybridized carbons (Fsp3) is 0.929. The Morgan fingerprint density at radius 3 is 2.82 bits per heavy atom. The first kappa shape index (κ1) is 19.2. The molecule has 0 amide bonds. The van der Waals surface area contributed by atoms with Gasteiger partial charge in [0.25, 0.3) is 0 Å². The molecule has 128 valence electrons. The van der Waals surface area contributed by atoms with Crippen molar-refractivity contribution in [3.05, 3.63) is 10.1 Å². The van der Waals surface area contributed by atoms with Crippen LogP contribution in [0, 0.1) is 22.0 Å². The van der Waals surface area contributed by atoms with Crippen LogP contribution < -0.4 is 5.32 Å². The van der Waals surface area contributed by atoms with Crippen LogP contribution in [0.1, 0.15) is 27.2 Å². The van der Waals surface area contributed by atoms with Gasteiger partial charge < -0.3 is 15.0 Å². The molecule has 1 aliphatic rings. The maximum Gasteiger partial charge on any atom is 0.234 e. The molecule has 3 atom stereocenters. The molecule has 0 aromatic carbocycles.